The Morgan fingerprint density at radius 1 is 0.929 bits per heavy atom. The molecule has 0 atom stereocenters. The maximum Gasteiger partial charge on any atom is 0.278 e. The number of nitrogens with zero attached hydrogens (tertiary/aromatic N) is 4. The van der Waals surface area contributed by atoms with Gasteiger partial charge in [-0.05, 0) is 23.8 Å². The van der Waals surface area contributed by atoms with Crippen molar-refractivity contribution >= 4 is 44.7 Å². The van der Waals surface area contributed by atoms with Crippen LogP contribution in [0, 0.1) is 11.6 Å². The first-order valence-corrected chi connectivity index (χ1v) is 8.73. The Bertz CT molecular complexity index is 1400. The van der Waals surface area contributed by atoms with Crippen molar-refractivity contribution in [1.82, 2.24) is 19.6 Å². The highest BCUT2D eigenvalue weighted by Gasteiger charge is 2.16. The maximum absolute atomic E-state index is 14.6. The van der Waals surface area contributed by atoms with Crippen LogP contribution in [-0.4, -0.2) is 19.6 Å². The van der Waals surface area contributed by atoms with E-state index >= 15 is 0 Å². The van der Waals surface area contributed by atoms with Crippen LogP contribution in [0.25, 0.3) is 21.5 Å². The van der Waals surface area contributed by atoms with E-state index in [0.29, 0.717) is 0 Å². The van der Waals surface area contributed by atoms with Gasteiger partial charge in [0, 0.05) is 12.4 Å². The second-order valence-electron chi connectivity index (χ2n) is 6.14. The summed E-state index contributed by atoms with van der Waals surface area (Å²) in [5.74, 6) is -1.51. The molecule has 0 saturated carbocycles. The van der Waals surface area contributed by atoms with Crippen LogP contribution in [0.2, 0.25) is 10.3 Å². The fourth-order valence-electron chi connectivity index (χ4n) is 3.06. The number of aryl methyl sites for hydroxylation is 1. The minimum absolute atomic E-state index is 0.00335. The van der Waals surface area contributed by atoms with E-state index in [1.165, 1.54) is 25.2 Å². The third kappa shape index (κ3) is 2.85. The molecule has 4 aromatic rings. The Kier molecular flexibility index (Phi) is 4.40. The number of hydrogen-bond donors (Lipinski definition) is 0. The highest BCUT2D eigenvalue weighted by Crippen LogP contribution is 2.24. The average Bonchev–Trinajstić information content (AvgIpc) is 2.63. The second kappa shape index (κ2) is 6.65. The van der Waals surface area contributed by atoms with Gasteiger partial charge < -0.3 is 0 Å². The molecule has 142 valence electrons. The molecule has 0 aliphatic carbocycles. The van der Waals surface area contributed by atoms with Crippen LogP contribution in [0.1, 0.15) is 5.56 Å². The molecule has 2 aromatic carbocycles. The summed E-state index contributed by atoms with van der Waals surface area (Å²) in [7, 11) is 1.39. The zero-order valence-corrected chi connectivity index (χ0v) is 15.7. The van der Waals surface area contributed by atoms with Crippen molar-refractivity contribution in [3.05, 3.63) is 78.5 Å². The number of benzene rings is 2. The number of hydrogen-bond acceptors (Lipinski definition) is 4. The zero-order valence-electron chi connectivity index (χ0n) is 14.2. The van der Waals surface area contributed by atoms with E-state index in [2.05, 4.69) is 10.2 Å². The van der Waals surface area contributed by atoms with Gasteiger partial charge in [0.25, 0.3) is 11.1 Å². The third-order valence-electron chi connectivity index (χ3n) is 4.34. The average molecular weight is 423 g/mol. The maximum atomic E-state index is 14.6. The summed E-state index contributed by atoms with van der Waals surface area (Å²) in [6, 6.07) is 6.54. The van der Waals surface area contributed by atoms with Crippen molar-refractivity contribution in [3.63, 3.8) is 0 Å². The molecule has 0 spiro atoms. The predicted octanol–water partition coefficient (Wildman–Crippen LogP) is 3.28. The number of rotatable bonds is 2. The van der Waals surface area contributed by atoms with Crippen molar-refractivity contribution in [2.45, 2.75) is 6.54 Å². The quantitative estimate of drug-likeness (QED) is 0.496. The van der Waals surface area contributed by atoms with Gasteiger partial charge in [-0.15, -0.1) is 0 Å². The molecule has 0 unspecified atom stereocenters. The van der Waals surface area contributed by atoms with Crippen LogP contribution >= 0.6 is 23.2 Å². The lowest BCUT2D eigenvalue weighted by Gasteiger charge is -2.10. The monoisotopic (exact) mass is 422 g/mol. The molecule has 28 heavy (non-hydrogen) atoms. The van der Waals surface area contributed by atoms with Crippen molar-refractivity contribution < 1.29 is 8.78 Å². The molecule has 0 fully saturated rings. The fraction of sp³-hybridized carbons (Fsp3) is 0.111. The van der Waals surface area contributed by atoms with Gasteiger partial charge in [-0.3, -0.25) is 9.59 Å². The van der Waals surface area contributed by atoms with E-state index in [4.69, 9.17) is 23.2 Å². The summed E-state index contributed by atoms with van der Waals surface area (Å²) in [4.78, 5) is 24.9. The van der Waals surface area contributed by atoms with E-state index in [1.807, 2.05) is 0 Å². The Morgan fingerprint density at radius 3 is 2.43 bits per heavy atom. The fourth-order valence-corrected chi connectivity index (χ4v) is 3.62. The van der Waals surface area contributed by atoms with Crippen LogP contribution in [0.4, 0.5) is 8.78 Å². The smallest absolute Gasteiger partial charge is 0.267 e. The Morgan fingerprint density at radius 2 is 1.68 bits per heavy atom. The van der Waals surface area contributed by atoms with Crippen molar-refractivity contribution in [1.29, 1.82) is 0 Å². The van der Waals surface area contributed by atoms with Crippen molar-refractivity contribution in [3.8, 4) is 0 Å². The standard InChI is InChI=1S/C18H10Cl2F2N4O2/c1-25-17(27)10-5-8(6-12(22)13(10)16(20)23-25)7-26-18(28)14-9(15(19)24-26)3-2-4-11(14)21/h2-6H,7H2,1H3. The van der Waals surface area contributed by atoms with Crippen LogP contribution in [-0.2, 0) is 13.6 Å². The van der Waals surface area contributed by atoms with Crippen molar-refractivity contribution in [2.75, 3.05) is 0 Å². The summed E-state index contributed by atoms with van der Waals surface area (Å²) in [6.07, 6.45) is 0. The topological polar surface area (TPSA) is 69.8 Å². The van der Waals surface area contributed by atoms with Gasteiger partial charge in [0.1, 0.15) is 11.6 Å². The SMILES string of the molecule is Cn1nc(Cl)c2c(F)cc(Cn3nc(Cl)c4cccc(F)c4c3=O)cc2c1=O. The first-order chi connectivity index (χ1) is 13.3. The molecule has 0 amide bonds. The molecular formula is C18H10Cl2F2N4O2. The molecule has 10 heteroatoms. The van der Waals surface area contributed by atoms with Crippen LogP contribution in [0.5, 0.6) is 0 Å². The Hall–Kier alpha value is -2.84. The molecule has 2 aromatic heterocycles. The minimum atomic E-state index is -0.770. The highest BCUT2D eigenvalue weighted by atomic mass is 35.5. The molecule has 0 radical (unpaired) electrons. The Balaban J connectivity index is 1.93. The second-order valence-corrected chi connectivity index (χ2v) is 6.85. The highest BCUT2D eigenvalue weighted by molar-refractivity contribution is 6.34. The number of fused-ring (bicyclic) bond motifs is 2. The summed E-state index contributed by atoms with van der Waals surface area (Å²) in [5, 5.41) is 7.33. The van der Waals surface area contributed by atoms with E-state index in [0.717, 1.165) is 21.5 Å². The lowest BCUT2D eigenvalue weighted by molar-refractivity contribution is 0.611. The van der Waals surface area contributed by atoms with Gasteiger partial charge in [0.15, 0.2) is 10.3 Å². The largest absolute Gasteiger partial charge is 0.278 e. The first-order valence-electron chi connectivity index (χ1n) is 7.97. The molecule has 0 saturated heterocycles. The molecule has 0 bridgehead atoms. The number of aromatic nitrogens is 4. The van der Waals surface area contributed by atoms with Crippen LogP contribution < -0.4 is 11.1 Å². The van der Waals surface area contributed by atoms with E-state index < -0.39 is 22.8 Å². The summed E-state index contributed by atoms with van der Waals surface area (Å²) >= 11 is 12.0. The van der Waals surface area contributed by atoms with E-state index in [9.17, 15) is 18.4 Å². The molecule has 6 nitrogen and oxygen atoms in total. The molecule has 2 heterocycles. The van der Waals surface area contributed by atoms with Crippen molar-refractivity contribution in [2.24, 2.45) is 7.05 Å². The van der Waals surface area contributed by atoms with Gasteiger partial charge in [-0.2, -0.15) is 10.2 Å². The Labute approximate surface area is 165 Å². The van der Waals surface area contributed by atoms with Gasteiger partial charge in [-0.1, -0.05) is 35.3 Å². The minimum Gasteiger partial charge on any atom is -0.267 e. The van der Waals surface area contributed by atoms with Gasteiger partial charge in [0.05, 0.1) is 22.7 Å². The van der Waals surface area contributed by atoms with Gasteiger partial charge >= 0.3 is 0 Å². The molecular weight excluding hydrogens is 413 g/mol. The molecule has 0 N–H and O–H groups in total. The molecule has 4 rings (SSSR count). The first kappa shape index (κ1) is 18.5. The zero-order chi connectivity index (χ0) is 20.2. The lowest BCUT2D eigenvalue weighted by Crippen LogP contribution is -2.25. The number of halogens is 4. The van der Waals surface area contributed by atoms with E-state index in [-0.39, 0.29) is 44.0 Å². The van der Waals surface area contributed by atoms with E-state index in [1.54, 1.807) is 0 Å². The lowest BCUT2D eigenvalue weighted by atomic mass is 10.1. The summed E-state index contributed by atoms with van der Waals surface area (Å²) in [5.41, 5.74) is -1.02. The van der Waals surface area contributed by atoms with Gasteiger partial charge in [0.2, 0.25) is 0 Å². The molecule has 0 aliphatic heterocycles. The summed E-state index contributed by atoms with van der Waals surface area (Å²) in [6.45, 7) is -0.223. The third-order valence-corrected chi connectivity index (χ3v) is 4.89. The van der Waals surface area contributed by atoms with Crippen LogP contribution in [0.3, 0.4) is 0 Å². The predicted molar refractivity (Wildman–Crippen MR) is 102 cm³/mol. The molecule has 0 aliphatic rings. The van der Waals surface area contributed by atoms with Gasteiger partial charge in [-0.25, -0.2) is 18.1 Å². The summed E-state index contributed by atoms with van der Waals surface area (Å²) < 4.78 is 30.6. The normalized spacial score (nSPS) is 11.5. The van der Waals surface area contributed by atoms with Crippen LogP contribution in [0.15, 0.2) is 39.9 Å².